The molecule has 1 saturated heterocycles. The van der Waals surface area contributed by atoms with E-state index in [1.807, 2.05) is 12.1 Å². The average molecular weight is 265 g/mol. The average Bonchev–Trinajstić information content (AvgIpc) is 2.48. The standard InChI is InChI=1S/C15H23NO3/c1-17-14-5-6-15(18-2)13(12-14)4-3-7-16-8-10-19-11-9-16/h5-6,12H,3-4,7-11H2,1-2H3. The van der Waals surface area contributed by atoms with Crippen molar-refractivity contribution in [3.8, 4) is 11.5 Å². The first-order chi connectivity index (χ1) is 9.33. The minimum atomic E-state index is 0.864. The molecule has 0 N–H and O–H groups in total. The monoisotopic (exact) mass is 265 g/mol. The summed E-state index contributed by atoms with van der Waals surface area (Å²) in [6.45, 7) is 4.94. The third-order valence-corrected chi connectivity index (χ3v) is 3.51. The van der Waals surface area contributed by atoms with Crippen LogP contribution >= 0.6 is 0 Å². The number of rotatable bonds is 6. The molecule has 0 bridgehead atoms. The number of hydrogen-bond acceptors (Lipinski definition) is 4. The Labute approximate surface area is 115 Å². The molecule has 1 fully saturated rings. The van der Waals surface area contributed by atoms with Crippen molar-refractivity contribution in [2.75, 3.05) is 47.1 Å². The lowest BCUT2D eigenvalue weighted by Crippen LogP contribution is -2.36. The molecule has 106 valence electrons. The highest BCUT2D eigenvalue weighted by Crippen LogP contribution is 2.25. The molecule has 4 nitrogen and oxygen atoms in total. The number of methoxy groups -OCH3 is 2. The maximum Gasteiger partial charge on any atom is 0.122 e. The summed E-state index contributed by atoms with van der Waals surface area (Å²) in [6.07, 6.45) is 2.14. The normalized spacial score (nSPS) is 16.3. The Balaban J connectivity index is 1.86. The van der Waals surface area contributed by atoms with Gasteiger partial charge in [0.15, 0.2) is 0 Å². The zero-order chi connectivity index (χ0) is 13.5. The number of aryl methyl sites for hydroxylation is 1. The van der Waals surface area contributed by atoms with Crippen LogP contribution in [0.4, 0.5) is 0 Å². The Morgan fingerprint density at radius 1 is 1.16 bits per heavy atom. The molecule has 0 aliphatic carbocycles. The third kappa shape index (κ3) is 4.11. The molecule has 0 unspecified atom stereocenters. The van der Waals surface area contributed by atoms with Gasteiger partial charge in [-0.1, -0.05) is 0 Å². The number of hydrogen-bond donors (Lipinski definition) is 0. The second kappa shape index (κ2) is 7.36. The van der Waals surface area contributed by atoms with Crippen LogP contribution in [0.1, 0.15) is 12.0 Å². The molecule has 1 heterocycles. The summed E-state index contributed by atoms with van der Waals surface area (Å²) < 4.78 is 16.0. The first-order valence-corrected chi connectivity index (χ1v) is 6.84. The zero-order valence-corrected chi connectivity index (χ0v) is 11.9. The molecule has 0 saturated carbocycles. The van der Waals surface area contributed by atoms with Crippen LogP contribution in [0.2, 0.25) is 0 Å². The highest BCUT2D eigenvalue weighted by atomic mass is 16.5. The van der Waals surface area contributed by atoms with E-state index in [1.54, 1.807) is 14.2 Å². The van der Waals surface area contributed by atoms with Crippen molar-refractivity contribution in [1.82, 2.24) is 4.90 Å². The van der Waals surface area contributed by atoms with Crippen molar-refractivity contribution in [2.45, 2.75) is 12.8 Å². The van der Waals surface area contributed by atoms with Gasteiger partial charge in [-0.15, -0.1) is 0 Å². The summed E-state index contributed by atoms with van der Waals surface area (Å²) in [5, 5.41) is 0. The molecule has 1 aromatic rings. The van der Waals surface area contributed by atoms with E-state index in [0.29, 0.717) is 0 Å². The van der Waals surface area contributed by atoms with E-state index in [2.05, 4.69) is 11.0 Å². The Bertz CT molecular complexity index is 389. The van der Waals surface area contributed by atoms with Crippen molar-refractivity contribution >= 4 is 0 Å². The van der Waals surface area contributed by atoms with Gasteiger partial charge in [-0.25, -0.2) is 0 Å². The number of nitrogens with zero attached hydrogens (tertiary/aromatic N) is 1. The Hall–Kier alpha value is -1.26. The molecule has 19 heavy (non-hydrogen) atoms. The van der Waals surface area contributed by atoms with Crippen molar-refractivity contribution in [2.24, 2.45) is 0 Å². The first kappa shape index (κ1) is 14.2. The highest BCUT2D eigenvalue weighted by molar-refractivity contribution is 5.40. The molecule has 4 heteroatoms. The van der Waals surface area contributed by atoms with E-state index in [9.17, 15) is 0 Å². The van der Waals surface area contributed by atoms with Crippen molar-refractivity contribution in [1.29, 1.82) is 0 Å². The molecular formula is C15H23NO3. The summed E-state index contributed by atoms with van der Waals surface area (Å²) in [5.74, 6) is 1.84. The van der Waals surface area contributed by atoms with Crippen molar-refractivity contribution < 1.29 is 14.2 Å². The number of morpholine rings is 1. The first-order valence-electron chi connectivity index (χ1n) is 6.84. The van der Waals surface area contributed by atoms with Crippen LogP contribution in [-0.4, -0.2) is 52.0 Å². The van der Waals surface area contributed by atoms with Crippen LogP contribution < -0.4 is 9.47 Å². The minimum Gasteiger partial charge on any atom is -0.497 e. The van der Waals surface area contributed by atoms with E-state index >= 15 is 0 Å². The number of benzene rings is 1. The molecular weight excluding hydrogens is 242 g/mol. The molecule has 1 aliphatic heterocycles. The second-order valence-electron chi connectivity index (χ2n) is 4.74. The van der Waals surface area contributed by atoms with Crippen LogP contribution in [0.25, 0.3) is 0 Å². The van der Waals surface area contributed by atoms with E-state index in [0.717, 1.165) is 57.2 Å². The second-order valence-corrected chi connectivity index (χ2v) is 4.74. The van der Waals surface area contributed by atoms with Gasteiger partial charge in [0.2, 0.25) is 0 Å². The van der Waals surface area contributed by atoms with Gasteiger partial charge in [0.25, 0.3) is 0 Å². The third-order valence-electron chi connectivity index (χ3n) is 3.51. The Kier molecular flexibility index (Phi) is 5.48. The number of ether oxygens (including phenoxy) is 3. The van der Waals surface area contributed by atoms with Crippen LogP contribution in [0.5, 0.6) is 11.5 Å². The van der Waals surface area contributed by atoms with E-state index < -0.39 is 0 Å². The predicted molar refractivity (Wildman–Crippen MR) is 75.1 cm³/mol. The molecule has 1 aliphatic rings. The van der Waals surface area contributed by atoms with Crippen LogP contribution in [-0.2, 0) is 11.2 Å². The molecule has 1 aromatic carbocycles. The minimum absolute atomic E-state index is 0.864. The topological polar surface area (TPSA) is 30.9 Å². The van der Waals surface area contributed by atoms with Crippen molar-refractivity contribution in [3.63, 3.8) is 0 Å². The smallest absolute Gasteiger partial charge is 0.122 e. The predicted octanol–water partition coefficient (Wildman–Crippen LogP) is 1.97. The fourth-order valence-electron chi connectivity index (χ4n) is 2.40. The quantitative estimate of drug-likeness (QED) is 0.787. The summed E-state index contributed by atoms with van der Waals surface area (Å²) in [6, 6.07) is 5.98. The Morgan fingerprint density at radius 3 is 2.63 bits per heavy atom. The summed E-state index contributed by atoms with van der Waals surface area (Å²) in [5.41, 5.74) is 1.22. The van der Waals surface area contributed by atoms with Gasteiger partial charge in [-0.2, -0.15) is 0 Å². The van der Waals surface area contributed by atoms with Crippen LogP contribution in [0.15, 0.2) is 18.2 Å². The van der Waals surface area contributed by atoms with Gasteiger partial charge in [0.1, 0.15) is 11.5 Å². The fraction of sp³-hybridized carbons (Fsp3) is 0.600. The van der Waals surface area contributed by atoms with Gasteiger partial charge < -0.3 is 14.2 Å². The van der Waals surface area contributed by atoms with Gasteiger partial charge in [-0.3, -0.25) is 4.90 Å². The fourth-order valence-corrected chi connectivity index (χ4v) is 2.40. The van der Waals surface area contributed by atoms with E-state index in [-0.39, 0.29) is 0 Å². The lowest BCUT2D eigenvalue weighted by molar-refractivity contribution is 0.0374. The molecule has 2 rings (SSSR count). The molecule has 0 spiro atoms. The van der Waals surface area contributed by atoms with E-state index in [1.165, 1.54) is 5.56 Å². The van der Waals surface area contributed by atoms with E-state index in [4.69, 9.17) is 14.2 Å². The lowest BCUT2D eigenvalue weighted by Gasteiger charge is -2.26. The molecule has 0 atom stereocenters. The maximum absolute atomic E-state index is 5.40. The van der Waals surface area contributed by atoms with Crippen LogP contribution in [0, 0.1) is 0 Å². The molecule has 0 aromatic heterocycles. The Morgan fingerprint density at radius 2 is 1.95 bits per heavy atom. The van der Waals surface area contributed by atoms with Crippen LogP contribution in [0.3, 0.4) is 0 Å². The SMILES string of the molecule is COc1ccc(OC)c(CCCN2CCOCC2)c1. The summed E-state index contributed by atoms with van der Waals surface area (Å²) in [4.78, 5) is 2.45. The summed E-state index contributed by atoms with van der Waals surface area (Å²) in [7, 11) is 3.41. The van der Waals surface area contributed by atoms with Gasteiger partial charge in [0, 0.05) is 13.1 Å². The lowest BCUT2D eigenvalue weighted by atomic mass is 10.1. The molecule has 0 amide bonds. The highest BCUT2D eigenvalue weighted by Gasteiger charge is 2.10. The van der Waals surface area contributed by atoms with Gasteiger partial charge in [-0.05, 0) is 43.1 Å². The largest absolute Gasteiger partial charge is 0.497 e. The van der Waals surface area contributed by atoms with Gasteiger partial charge in [0.05, 0.1) is 27.4 Å². The maximum atomic E-state index is 5.40. The van der Waals surface area contributed by atoms with Gasteiger partial charge >= 0.3 is 0 Å². The zero-order valence-electron chi connectivity index (χ0n) is 11.9. The van der Waals surface area contributed by atoms with Crippen molar-refractivity contribution in [3.05, 3.63) is 23.8 Å². The summed E-state index contributed by atoms with van der Waals surface area (Å²) >= 11 is 0. The molecule has 0 radical (unpaired) electrons.